The van der Waals surface area contributed by atoms with Crippen LogP contribution in [0.2, 0.25) is 0 Å². The first-order valence-electron chi connectivity index (χ1n) is 9.86. The van der Waals surface area contributed by atoms with E-state index in [-0.39, 0.29) is 30.1 Å². The van der Waals surface area contributed by atoms with Gasteiger partial charge in [0.15, 0.2) is 5.82 Å². The fraction of sp³-hybridized carbons (Fsp3) is 0.524. The number of nitrogens with zero attached hydrogens (tertiary/aromatic N) is 3. The minimum Gasteiger partial charge on any atom is -0.344 e. The van der Waals surface area contributed by atoms with E-state index in [4.69, 9.17) is 4.52 Å². The Hall–Kier alpha value is -2.70. The molecule has 1 aliphatic rings. The molecule has 7 nitrogen and oxygen atoms in total. The maximum Gasteiger partial charge on any atom is 0.245 e. The van der Waals surface area contributed by atoms with Crippen molar-refractivity contribution in [3.8, 4) is 0 Å². The Bertz CT molecular complexity index is 795. The lowest BCUT2D eigenvalue weighted by Gasteiger charge is -2.34. The van der Waals surface area contributed by atoms with Crippen LogP contribution in [0.15, 0.2) is 34.9 Å². The summed E-state index contributed by atoms with van der Waals surface area (Å²) in [6.07, 6.45) is 1.85. The van der Waals surface area contributed by atoms with Crippen molar-refractivity contribution in [1.29, 1.82) is 0 Å². The first kappa shape index (κ1) is 20.0. The van der Waals surface area contributed by atoms with Gasteiger partial charge >= 0.3 is 0 Å². The molecule has 28 heavy (non-hydrogen) atoms. The van der Waals surface area contributed by atoms with Gasteiger partial charge in [0.2, 0.25) is 17.7 Å². The van der Waals surface area contributed by atoms with E-state index in [1.165, 1.54) is 0 Å². The van der Waals surface area contributed by atoms with Gasteiger partial charge in [-0.3, -0.25) is 9.59 Å². The van der Waals surface area contributed by atoms with Gasteiger partial charge in [0.25, 0.3) is 0 Å². The maximum atomic E-state index is 13.0. The second-order valence-electron chi connectivity index (χ2n) is 7.73. The highest BCUT2D eigenvalue weighted by Crippen LogP contribution is 2.27. The molecule has 3 rings (SSSR count). The third kappa shape index (κ3) is 4.97. The van der Waals surface area contributed by atoms with Crippen LogP contribution in [0.1, 0.15) is 49.9 Å². The van der Waals surface area contributed by atoms with E-state index < -0.39 is 6.04 Å². The molecule has 2 aromatic rings. The zero-order valence-corrected chi connectivity index (χ0v) is 16.7. The van der Waals surface area contributed by atoms with Gasteiger partial charge < -0.3 is 14.7 Å². The maximum absolute atomic E-state index is 13.0. The highest BCUT2D eigenvalue weighted by Gasteiger charge is 2.32. The molecule has 1 aromatic heterocycles. The van der Waals surface area contributed by atoms with Crippen molar-refractivity contribution >= 4 is 11.8 Å². The molecule has 7 heteroatoms. The van der Waals surface area contributed by atoms with Gasteiger partial charge in [0.1, 0.15) is 6.04 Å². The van der Waals surface area contributed by atoms with Gasteiger partial charge in [-0.15, -0.1) is 0 Å². The van der Waals surface area contributed by atoms with Crippen molar-refractivity contribution in [3.63, 3.8) is 0 Å². The van der Waals surface area contributed by atoms with Crippen LogP contribution in [0.4, 0.5) is 0 Å². The molecule has 1 aliphatic heterocycles. The fourth-order valence-corrected chi connectivity index (χ4v) is 3.54. The molecule has 1 unspecified atom stereocenters. The van der Waals surface area contributed by atoms with Crippen molar-refractivity contribution in [2.24, 2.45) is 5.92 Å². The molecule has 1 fully saturated rings. The number of hydrogen-bond acceptors (Lipinski definition) is 5. The lowest BCUT2D eigenvalue weighted by molar-refractivity contribution is -0.138. The molecule has 0 radical (unpaired) electrons. The Morgan fingerprint density at radius 1 is 1.21 bits per heavy atom. The highest BCUT2D eigenvalue weighted by atomic mass is 16.5. The molecule has 1 atom stereocenters. The Labute approximate surface area is 165 Å². The number of carbonyl (C=O) groups excluding carboxylic acids is 2. The van der Waals surface area contributed by atoms with Crippen molar-refractivity contribution in [3.05, 3.63) is 47.6 Å². The zero-order chi connectivity index (χ0) is 20.1. The SMILES string of the molecule is Cc1noc(C2CCN(C(=O)C(NC(=O)Cc3ccccc3)C(C)C)CC2)n1. The lowest BCUT2D eigenvalue weighted by Crippen LogP contribution is -2.53. The van der Waals surface area contributed by atoms with E-state index in [1.54, 1.807) is 6.92 Å². The smallest absolute Gasteiger partial charge is 0.245 e. The van der Waals surface area contributed by atoms with Gasteiger partial charge in [-0.2, -0.15) is 4.98 Å². The molecular weight excluding hydrogens is 356 g/mol. The van der Waals surface area contributed by atoms with Gasteiger partial charge in [-0.25, -0.2) is 0 Å². The number of nitrogens with one attached hydrogen (secondary N) is 1. The second kappa shape index (κ2) is 8.99. The third-order valence-electron chi connectivity index (χ3n) is 5.16. The summed E-state index contributed by atoms with van der Waals surface area (Å²) in [6, 6.07) is 9.04. The van der Waals surface area contributed by atoms with Crippen molar-refractivity contribution in [2.45, 2.75) is 52.0 Å². The molecule has 1 N–H and O–H groups in total. The Kier molecular flexibility index (Phi) is 6.44. The number of aromatic nitrogens is 2. The molecule has 1 saturated heterocycles. The van der Waals surface area contributed by atoms with Crippen molar-refractivity contribution in [1.82, 2.24) is 20.4 Å². The van der Waals surface area contributed by atoms with E-state index in [0.29, 0.717) is 24.8 Å². The average molecular weight is 384 g/mol. The summed E-state index contributed by atoms with van der Waals surface area (Å²) >= 11 is 0. The summed E-state index contributed by atoms with van der Waals surface area (Å²) in [5, 5.41) is 6.79. The molecule has 2 amide bonds. The molecule has 0 saturated carbocycles. The van der Waals surface area contributed by atoms with Crippen LogP contribution in [0.25, 0.3) is 0 Å². The van der Waals surface area contributed by atoms with Crippen molar-refractivity contribution in [2.75, 3.05) is 13.1 Å². The lowest BCUT2D eigenvalue weighted by atomic mass is 9.95. The van der Waals surface area contributed by atoms with Crippen LogP contribution in [0, 0.1) is 12.8 Å². The quantitative estimate of drug-likeness (QED) is 0.826. The number of likely N-dealkylation sites (tertiary alicyclic amines) is 1. The topological polar surface area (TPSA) is 88.3 Å². The van der Waals surface area contributed by atoms with E-state index >= 15 is 0 Å². The molecule has 0 bridgehead atoms. The minimum atomic E-state index is -0.515. The average Bonchev–Trinajstić information content (AvgIpc) is 3.12. The third-order valence-corrected chi connectivity index (χ3v) is 5.16. The predicted molar refractivity (Wildman–Crippen MR) is 105 cm³/mol. The number of aryl methyl sites for hydroxylation is 1. The summed E-state index contributed by atoms with van der Waals surface area (Å²) < 4.78 is 5.27. The molecule has 0 spiro atoms. The van der Waals surface area contributed by atoms with Gasteiger partial charge in [-0.1, -0.05) is 49.3 Å². The molecular formula is C21H28N4O3. The van der Waals surface area contributed by atoms with Crippen LogP contribution >= 0.6 is 0 Å². The summed E-state index contributed by atoms with van der Waals surface area (Å²) in [6.45, 7) is 6.97. The number of carbonyl (C=O) groups is 2. The van der Waals surface area contributed by atoms with E-state index in [9.17, 15) is 9.59 Å². The Morgan fingerprint density at radius 3 is 2.46 bits per heavy atom. The molecule has 0 aliphatic carbocycles. The zero-order valence-electron chi connectivity index (χ0n) is 16.7. The van der Waals surface area contributed by atoms with Gasteiger partial charge in [0, 0.05) is 19.0 Å². The van der Waals surface area contributed by atoms with Gasteiger partial charge in [-0.05, 0) is 31.2 Å². The Balaban J connectivity index is 1.56. The predicted octanol–water partition coefficient (Wildman–Crippen LogP) is 2.47. The summed E-state index contributed by atoms with van der Waals surface area (Å²) in [7, 11) is 0. The second-order valence-corrected chi connectivity index (χ2v) is 7.73. The number of benzene rings is 1. The largest absolute Gasteiger partial charge is 0.344 e. The van der Waals surface area contributed by atoms with Crippen molar-refractivity contribution < 1.29 is 14.1 Å². The number of hydrogen-bond donors (Lipinski definition) is 1. The fourth-order valence-electron chi connectivity index (χ4n) is 3.54. The molecule has 150 valence electrons. The highest BCUT2D eigenvalue weighted by molar-refractivity contribution is 5.88. The number of amides is 2. The first-order chi connectivity index (χ1) is 13.4. The number of rotatable bonds is 6. The standard InChI is InChI=1S/C21H28N4O3/c1-14(2)19(23-18(26)13-16-7-5-4-6-8-16)21(27)25-11-9-17(10-12-25)20-22-15(3)24-28-20/h4-8,14,17,19H,9-13H2,1-3H3,(H,23,26). The summed E-state index contributed by atoms with van der Waals surface area (Å²) in [4.78, 5) is 31.6. The van der Waals surface area contributed by atoms with E-state index in [2.05, 4.69) is 15.5 Å². The summed E-state index contributed by atoms with van der Waals surface area (Å²) in [5.74, 6) is 1.35. The Morgan fingerprint density at radius 2 is 1.89 bits per heavy atom. The first-order valence-corrected chi connectivity index (χ1v) is 9.86. The van der Waals surface area contributed by atoms with Crippen LogP contribution < -0.4 is 5.32 Å². The number of piperidine rings is 1. The van der Waals surface area contributed by atoms with Crippen LogP contribution in [-0.2, 0) is 16.0 Å². The van der Waals surface area contributed by atoms with Crippen LogP contribution in [0.3, 0.4) is 0 Å². The van der Waals surface area contributed by atoms with E-state index in [1.807, 2.05) is 49.1 Å². The molecule has 1 aromatic carbocycles. The minimum absolute atomic E-state index is 0.0171. The van der Waals surface area contributed by atoms with Crippen LogP contribution in [-0.4, -0.2) is 46.0 Å². The van der Waals surface area contributed by atoms with Crippen LogP contribution in [0.5, 0.6) is 0 Å². The van der Waals surface area contributed by atoms with E-state index in [0.717, 1.165) is 18.4 Å². The monoisotopic (exact) mass is 384 g/mol. The van der Waals surface area contributed by atoms with Gasteiger partial charge in [0.05, 0.1) is 6.42 Å². The normalized spacial score (nSPS) is 16.2. The summed E-state index contributed by atoms with van der Waals surface area (Å²) in [5.41, 5.74) is 0.936. The molecule has 2 heterocycles.